The van der Waals surface area contributed by atoms with Crippen molar-refractivity contribution in [3.8, 4) is 12.0 Å². The summed E-state index contributed by atoms with van der Waals surface area (Å²) in [6, 6.07) is 0.474. The number of rotatable bonds is 6. The topological polar surface area (TPSA) is 69.2 Å². The Hall–Kier alpha value is -1.30. The largest absolute Gasteiger partial charge is 0.467 e. The first-order valence-electron chi connectivity index (χ1n) is 6.35. The van der Waals surface area contributed by atoms with Gasteiger partial charge in [0.25, 0.3) is 0 Å². The van der Waals surface area contributed by atoms with Crippen LogP contribution < -0.4 is 14.8 Å². The Bertz CT molecular complexity index is 402. The third-order valence-corrected chi connectivity index (χ3v) is 4.10. The van der Waals surface area contributed by atoms with Gasteiger partial charge in [-0.25, -0.2) is 0 Å². The molecule has 6 nitrogen and oxygen atoms in total. The van der Waals surface area contributed by atoms with Crippen LogP contribution in [0.1, 0.15) is 25.7 Å². The number of hydrogen-bond acceptors (Lipinski definition) is 6. The maximum Gasteiger partial charge on any atom is 0.324 e. The Morgan fingerprint density at radius 3 is 2.16 bits per heavy atom. The third-order valence-electron chi connectivity index (χ3n) is 3.53. The van der Waals surface area contributed by atoms with Crippen molar-refractivity contribution in [1.29, 1.82) is 0 Å². The first-order valence-corrected chi connectivity index (χ1v) is 6.89. The molecule has 0 aliphatic heterocycles. The summed E-state index contributed by atoms with van der Waals surface area (Å²) in [5.74, 6) is 1.11. The van der Waals surface area contributed by atoms with Crippen LogP contribution >= 0.6 is 11.6 Å². The molecule has 1 heterocycles. The maximum absolute atomic E-state index is 6.11. The minimum Gasteiger partial charge on any atom is -0.467 e. The van der Waals surface area contributed by atoms with Gasteiger partial charge in [-0.05, 0) is 12.8 Å². The van der Waals surface area contributed by atoms with E-state index in [0.29, 0.717) is 11.8 Å². The zero-order valence-corrected chi connectivity index (χ0v) is 12.0. The molecule has 1 fully saturated rings. The summed E-state index contributed by atoms with van der Waals surface area (Å²) < 4.78 is 10.0. The molecular formula is C12H19ClN4O2. The molecule has 2 rings (SSSR count). The van der Waals surface area contributed by atoms with Gasteiger partial charge in [0.2, 0.25) is 5.95 Å². The number of anilines is 1. The lowest BCUT2D eigenvalue weighted by atomic mass is 9.89. The van der Waals surface area contributed by atoms with Crippen LogP contribution in [-0.2, 0) is 0 Å². The van der Waals surface area contributed by atoms with Crippen molar-refractivity contribution in [2.75, 3.05) is 32.0 Å². The van der Waals surface area contributed by atoms with Crippen LogP contribution in [0.4, 0.5) is 5.95 Å². The molecule has 0 unspecified atom stereocenters. The summed E-state index contributed by atoms with van der Waals surface area (Å²) in [5, 5.41) is 3.22. The predicted octanol–water partition coefficient (Wildman–Crippen LogP) is 2.10. The Morgan fingerprint density at radius 1 is 1.11 bits per heavy atom. The van der Waals surface area contributed by atoms with E-state index in [2.05, 4.69) is 20.3 Å². The summed E-state index contributed by atoms with van der Waals surface area (Å²) in [6.07, 6.45) is 4.75. The van der Waals surface area contributed by atoms with Crippen LogP contribution in [0.5, 0.6) is 12.0 Å². The fraction of sp³-hybridized carbons (Fsp3) is 0.750. The lowest BCUT2D eigenvalue weighted by Gasteiger charge is -2.26. The molecule has 1 aromatic rings. The fourth-order valence-corrected chi connectivity index (χ4v) is 2.71. The highest BCUT2D eigenvalue weighted by Crippen LogP contribution is 2.39. The molecule has 1 saturated carbocycles. The summed E-state index contributed by atoms with van der Waals surface area (Å²) >= 11 is 6.11. The Labute approximate surface area is 117 Å². The van der Waals surface area contributed by atoms with Gasteiger partial charge in [0, 0.05) is 17.8 Å². The van der Waals surface area contributed by atoms with E-state index in [1.165, 1.54) is 27.1 Å². The van der Waals surface area contributed by atoms with Crippen LogP contribution in [-0.4, -0.2) is 41.6 Å². The molecule has 1 N–H and O–H groups in total. The summed E-state index contributed by atoms with van der Waals surface area (Å²) in [5.41, 5.74) is 0.147. The van der Waals surface area contributed by atoms with Crippen LogP contribution in [0.25, 0.3) is 0 Å². The van der Waals surface area contributed by atoms with Crippen molar-refractivity contribution in [2.45, 2.75) is 25.7 Å². The molecule has 0 spiro atoms. The van der Waals surface area contributed by atoms with E-state index in [-0.39, 0.29) is 17.4 Å². The lowest BCUT2D eigenvalue weighted by molar-refractivity contribution is 0.338. The Morgan fingerprint density at radius 2 is 1.68 bits per heavy atom. The van der Waals surface area contributed by atoms with Gasteiger partial charge in [-0.3, -0.25) is 0 Å². The zero-order chi connectivity index (χ0) is 13.7. The van der Waals surface area contributed by atoms with Gasteiger partial charge >= 0.3 is 12.0 Å². The molecule has 0 atom stereocenters. The van der Waals surface area contributed by atoms with Gasteiger partial charge < -0.3 is 14.8 Å². The van der Waals surface area contributed by atoms with Crippen molar-refractivity contribution in [3.05, 3.63) is 0 Å². The number of halogens is 1. The quantitative estimate of drug-likeness (QED) is 0.808. The van der Waals surface area contributed by atoms with E-state index in [1.54, 1.807) is 0 Å². The molecule has 1 aromatic heterocycles. The number of nitrogens with zero attached hydrogens (tertiary/aromatic N) is 3. The van der Waals surface area contributed by atoms with E-state index in [1.807, 2.05) is 0 Å². The van der Waals surface area contributed by atoms with Crippen molar-refractivity contribution >= 4 is 17.5 Å². The minimum atomic E-state index is 0.147. The molecule has 106 valence electrons. The van der Waals surface area contributed by atoms with Crippen LogP contribution in [0.2, 0.25) is 0 Å². The minimum absolute atomic E-state index is 0.147. The first kappa shape index (κ1) is 14.1. The van der Waals surface area contributed by atoms with Crippen molar-refractivity contribution in [3.63, 3.8) is 0 Å². The van der Waals surface area contributed by atoms with E-state index >= 15 is 0 Å². The average Bonchev–Trinajstić information content (AvgIpc) is 2.94. The van der Waals surface area contributed by atoms with Crippen molar-refractivity contribution in [2.24, 2.45) is 5.41 Å². The van der Waals surface area contributed by atoms with Gasteiger partial charge in [-0.15, -0.1) is 16.6 Å². The first-order chi connectivity index (χ1) is 9.21. The van der Waals surface area contributed by atoms with Crippen molar-refractivity contribution < 1.29 is 9.47 Å². The van der Waals surface area contributed by atoms with Gasteiger partial charge in [0.15, 0.2) is 0 Å². The maximum atomic E-state index is 6.11. The second-order valence-corrected chi connectivity index (χ2v) is 5.09. The van der Waals surface area contributed by atoms with Gasteiger partial charge in [0.05, 0.1) is 14.2 Å². The molecule has 0 bridgehead atoms. The molecule has 19 heavy (non-hydrogen) atoms. The number of ether oxygens (including phenoxy) is 2. The number of nitrogens with one attached hydrogen (secondary N) is 1. The average molecular weight is 287 g/mol. The van der Waals surface area contributed by atoms with Gasteiger partial charge in [0.1, 0.15) is 0 Å². The monoisotopic (exact) mass is 286 g/mol. The summed E-state index contributed by atoms with van der Waals surface area (Å²) in [4.78, 5) is 12.3. The summed E-state index contributed by atoms with van der Waals surface area (Å²) in [6.45, 7) is 0.757. The smallest absolute Gasteiger partial charge is 0.324 e. The molecule has 0 radical (unpaired) electrons. The third kappa shape index (κ3) is 3.37. The highest BCUT2D eigenvalue weighted by Gasteiger charge is 2.33. The molecule has 0 amide bonds. The summed E-state index contributed by atoms with van der Waals surface area (Å²) in [7, 11) is 3.02. The molecule has 1 aliphatic carbocycles. The normalized spacial score (nSPS) is 17.2. The Kier molecular flexibility index (Phi) is 4.63. The van der Waals surface area contributed by atoms with Gasteiger partial charge in [-0.2, -0.15) is 9.97 Å². The zero-order valence-electron chi connectivity index (χ0n) is 11.3. The highest BCUT2D eigenvalue weighted by molar-refractivity contribution is 6.18. The van der Waals surface area contributed by atoms with Crippen LogP contribution in [0, 0.1) is 5.41 Å². The van der Waals surface area contributed by atoms with Crippen LogP contribution in [0.15, 0.2) is 0 Å². The van der Waals surface area contributed by atoms with E-state index < -0.39 is 0 Å². The standard InChI is InChI=1S/C12H19ClN4O2/c1-18-10-15-9(16-11(17-10)19-2)14-8-12(7-13)5-3-4-6-12/h3-8H2,1-2H3,(H,14,15,16,17). The van der Waals surface area contributed by atoms with Crippen LogP contribution in [0.3, 0.4) is 0 Å². The van der Waals surface area contributed by atoms with E-state index in [0.717, 1.165) is 19.4 Å². The molecular weight excluding hydrogens is 268 g/mol. The number of alkyl halides is 1. The lowest BCUT2D eigenvalue weighted by Crippen LogP contribution is -2.29. The van der Waals surface area contributed by atoms with Gasteiger partial charge in [-0.1, -0.05) is 12.8 Å². The second-order valence-electron chi connectivity index (χ2n) is 4.83. The second kappa shape index (κ2) is 6.23. The number of aromatic nitrogens is 3. The molecule has 1 aliphatic rings. The molecule has 0 aromatic carbocycles. The van der Waals surface area contributed by atoms with Crippen molar-refractivity contribution in [1.82, 2.24) is 15.0 Å². The molecule has 0 saturated heterocycles. The highest BCUT2D eigenvalue weighted by atomic mass is 35.5. The van der Waals surface area contributed by atoms with E-state index in [9.17, 15) is 0 Å². The number of methoxy groups -OCH3 is 2. The predicted molar refractivity (Wildman–Crippen MR) is 73.0 cm³/mol. The number of hydrogen-bond donors (Lipinski definition) is 1. The SMILES string of the molecule is COc1nc(NCC2(CCl)CCCC2)nc(OC)n1. The Balaban J connectivity index is 2.06. The molecule has 7 heteroatoms. The fourth-order valence-electron chi connectivity index (χ4n) is 2.35. The van der Waals surface area contributed by atoms with E-state index in [4.69, 9.17) is 21.1 Å².